The quantitative estimate of drug-likeness (QED) is 0.557. The predicted octanol–water partition coefficient (Wildman–Crippen LogP) is -0.294. The lowest BCUT2D eigenvalue weighted by atomic mass is 9.81. The Labute approximate surface area is 108 Å². The molecule has 4 N–H and O–H groups in total. The van der Waals surface area contributed by atoms with Gasteiger partial charge in [0, 0.05) is 26.4 Å². The Bertz CT molecular complexity index is 280. The lowest BCUT2D eigenvalue weighted by Crippen LogP contribution is -2.29. The first kappa shape index (κ1) is 12.9. The van der Waals surface area contributed by atoms with Gasteiger partial charge in [0.2, 0.25) is 0 Å². The summed E-state index contributed by atoms with van der Waals surface area (Å²) in [6, 6.07) is 0. The summed E-state index contributed by atoms with van der Waals surface area (Å²) in [6.07, 6.45) is 2.07. The number of aliphatic hydroxyl groups is 4. The minimum absolute atomic E-state index is 0.101. The van der Waals surface area contributed by atoms with E-state index in [1.54, 1.807) is 0 Å². The van der Waals surface area contributed by atoms with Crippen LogP contribution in [0.2, 0.25) is 0 Å². The first-order valence-electron chi connectivity index (χ1n) is 7.20. The Hall–Kier alpha value is -0.160. The minimum atomic E-state index is 0.101. The monoisotopic (exact) mass is 256 g/mol. The maximum atomic E-state index is 9.66. The second kappa shape index (κ2) is 4.75. The maximum absolute atomic E-state index is 9.66. The van der Waals surface area contributed by atoms with Crippen LogP contribution in [0.15, 0.2) is 0 Å². The van der Waals surface area contributed by atoms with Crippen molar-refractivity contribution in [2.75, 3.05) is 26.4 Å². The minimum Gasteiger partial charge on any atom is -0.396 e. The van der Waals surface area contributed by atoms with Gasteiger partial charge in [0.1, 0.15) is 0 Å². The summed E-state index contributed by atoms with van der Waals surface area (Å²) in [5.74, 6) is 2.59. The van der Waals surface area contributed by atoms with Crippen molar-refractivity contribution in [3.05, 3.63) is 0 Å². The van der Waals surface area contributed by atoms with E-state index in [0.717, 1.165) is 12.8 Å². The van der Waals surface area contributed by atoms with Gasteiger partial charge >= 0.3 is 0 Å². The highest BCUT2D eigenvalue weighted by Gasteiger charge is 2.63. The first-order chi connectivity index (χ1) is 8.76. The average Bonchev–Trinajstić information content (AvgIpc) is 3.01. The Kier molecular flexibility index (Phi) is 3.39. The van der Waals surface area contributed by atoms with E-state index in [4.69, 9.17) is 0 Å². The Balaban J connectivity index is 1.93. The molecular formula is C14H24O4. The van der Waals surface area contributed by atoms with Crippen LogP contribution < -0.4 is 0 Å². The van der Waals surface area contributed by atoms with E-state index >= 15 is 0 Å². The molecule has 3 aliphatic rings. The fraction of sp³-hybridized carbons (Fsp3) is 1.00. The van der Waals surface area contributed by atoms with Crippen molar-refractivity contribution in [3.8, 4) is 0 Å². The van der Waals surface area contributed by atoms with Gasteiger partial charge in [-0.15, -0.1) is 0 Å². The van der Waals surface area contributed by atoms with Crippen LogP contribution in [0.1, 0.15) is 12.8 Å². The lowest BCUT2D eigenvalue weighted by molar-refractivity contribution is 0.0644. The van der Waals surface area contributed by atoms with Gasteiger partial charge < -0.3 is 20.4 Å². The summed E-state index contributed by atoms with van der Waals surface area (Å²) in [4.78, 5) is 0. The summed E-state index contributed by atoms with van der Waals surface area (Å²) in [6.45, 7) is 0.597. The van der Waals surface area contributed by atoms with Crippen molar-refractivity contribution in [2.24, 2.45) is 47.3 Å². The number of hydrogen-bond donors (Lipinski definition) is 4. The Morgan fingerprint density at radius 3 is 1.39 bits per heavy atom. The number of rotatable bonds is 4. The van der Waals surface area contributed by atoms with Crippen LogP contribution in [0, 0.1) is 47.3 Å². The topological polar surface area (TPSA) is 80.9 Å². The third-order valence-electron chi connectivity index (χ3n) is 6.16. The molecule has 0 aromatic heterocycles. The molecule has 3 rings (SSSR count). The van der Waals surface area contributed by atoms with Gasteiger partial charge in [0.15, 0.2) is 0 Å². The highest BCUT2D eigenvalue weighted by molar-refractivity contribution is 5.11. The molecule has 18 heavy (non-hydrogen) atoms. The molecule has 0 aromatic carbocycles. The standard InChI is InChI=1S/C14H24O4/c15-3-8-1-7-2-9(4-16)13-11(6-18)10(5-17)12(8)14(7)13/h7-18H,1-6H2. The average molecular weight is 256 g/mol. The van der Waals surface area contributed by atoms with E-state index in [0.29, 0.717) is 23.7 Å². The van der Waals surface area contributed by atoms with Crippen molar-refractivity contribution in [2.45, 2.75) is 12.8 Å². The van der Waals surface area contributed by atoms with E-state index in [1.165, 1.54) is 0 Å². The fourth-order valence-corrected chi connectivity index (χ4v) is 5.76. The molecule has 4 heteroatoms. The molecule has 0 aromatic rings. The Morgan fingerprint density at radius 2 is 1.06 bits per heavy atom. The van der Waals surface area contributed by atoms with Crippen LogP contribution in [-0.4, -0.2) is 46.9 Å². The number of hydrogen-bond acceptors (Lipinski definition) is 4. The van der Waals surface area contributed by atoms with E-state index in [2.05, 4.69) is 0 Å². The van der Waals surface area contributed by atoms with Crippen LogP contribution in [0.3, 0.4) is 0 Å². The van der Waals surface area contributed by atoms with E-state index in [9.17, 15) is 20.4 Å². The third-order valence-corrected chi connectivity index (χ3v) is 6.16. The van der Waals surface area contributed by atoms with Gasteiger partial charge in [-0.1, -0.05) is 0 Å². The summed E-state index contributed by atoms with van der Waals surface area (Å²) in [5.41, 5.74) is 0. The molecule has 0 aliphatic heterocycles. The molecule has 0 saturated heterocycles. The Morgan fingerprint density at radius 1 is 0.611 bits per heavy atom. The molecule has 6 atom stereocenters. The molecule has 4 nitrogen and oxygen atoms in total. The van der Waals surface area contributed by atoms with E-state index < -0.39 is 0 Å². The molecular weight excluding hydrogens is 232 g/mol. The normalized spacial score (nSPS) is 54.0. The van der Waals surface area contributed by atoms with Crippen molar-refractivity contribution in [3.63, 3.8) is 0 Å². The van der Waals surface area contributed by atoms with Gasteiger partial charge in [-0.2, -0.15) is 0 Å². The van der Waals surface area contributed by atoms with Crippen LogP contribution >= 0.6 is 0 Å². The predicted molar refractivity (Wildman–Crippen MR) is 65.5 cm³/mol. The van der Waals surface area contributed by atoms with Crippen LogP contribution in [-0.2, 0) is 0 Å². The fourth-order valence-electron chi connectivity index (χ4n) is 5.76. The zero-order chi connectivity index (χ0) is 12.9. The van der Waals surface area contributed by atoms with Gasteiger partial charge in [0.05, 0.1) is 0 Å². The van der Waals surface area contributed by atoms with Gasteiger partial charge in [-0.05, 0) is 60.2 Å². The molecule has 6 unspecified atom stereocenters. The summed E-state index contributed by atoms with van der Waals surface area (Å²) >= 11 is 0. The van der Waals surface area contributed by atoms with Crippen molar-refractivity contribution >= 4 is 0 Å². The van der Waals surface area contributed by atoms with Crippen LogP contribution in [0.4, 0.5) is 0 Å². The molecule has 104 valence electrons. The highest BCUT2D eigenvalue weighted by Crippen LogP contribution is 2.65. The molecule has 3 aliphatic carbocycles. The molecule has 0 heterocycles. The summed E-state index contributed by atoms with van der Waals surface area (Å²) < 4.78 is 0. The summed E-state index contributed by atoms with van der Waals surface area (Å²) in [5, 5.41) is 38.4. The molecule has 3 saturated carbocycles. The molecule has 3 fully saturated rings. The van der Waals surface area contributed by atoms with E-state index in [-0.39, 0.29) is 50.1 Å². The third kappa shape index (κ3) is 1.52. The van der Waals surface area contributed by atoms with Gasteiger partial charge in [-0.25, -0.2) is 0 Å². The van der Waals surface area contributed by atoms with Crippen molar-refractivity contribution < 1.29 is 20.4 Å². The molecule has 0 amide bonds. The maximum Gasteiger partial charge on any atom is 0.0465 e. The zero-order valence-corrected chi connectivity index (χ0v) is 10.7. The van der Waals surface area contributed by atoms with Crippen molar-refractivity contribution in [1.29, 1.82) is 0 Å². The smallest absolute Gasteiger partial charge is 0.0465 e. The largest absolute Gasteiger partial charge is 0.396 e. The molecule has 0 radical (unpaired) electrons. The molecule has 0 spiro atoms. The first-order valence-corrected chi connectivity index (χ1v) is 7.20. The van der Waals surface area contributed by atoms with Crippen molar-refractivity contribution in [1.82, 2.24) is 0 Å². The lowest BCUT2D eigenvalue weighted by Gasteiger charge is -2.27. The highest BCUT2D eigenvalue weighted by atomic mass is 16.3. The SMILES string of the molecule is OCC1CC2CC(CO)C3C(CO)C(CO)C1C23. The summed E-state index contributed by atoms with van der Waals surface area (Å²) in [7, 11) is 0. The van der Waals surface area contributed by atoms with Crippen LogP contribution in [0.5, 0.6) is 0 Å². The second-order valence-electron chi connectivity index (χ2n) is 6.54. The number of aliphatic hydroxyl groups excluding tert-OH is 4. The second-order valence-corrected chi connectivity index (χ2v) is 6.54. The van der Waals surface area contributed by atoms with Gasteiger partial charge in [-0.3, -0.25) is 0 Å². The molecule has 0 bridgehead atoms. The zero-order valence-electron chi connectivity index (χ0n) is 10.7. The van der Waals surface area contributed by atoms with Gasteiger partial charge in [0.25, 0.3) is 0 Å². The van der Waals surface area contributed by atoms with Crippen LogP contribution in [0.25, 0.3) is 0 Å². The van der Waals surface area contributed by atoms with E-state index in [1.807, 2.05) is 0 Å².